The van der Waals surface area contributed by atoms with Gasteiger partial charge >= 0.3 is 5.97 Å². The zero-order valence-corrected chi connectivity index (χ0v) is 18.3. The van der Waals surface area contributed by atoms with Crippen LogP contribution in [0.1, 0.15) is 41.3 Å². The van der Waals surface area contributed by atoms with Crippen LogP contribution in [0.5, 0.6) is 5.75 Å². The Morgan fingerprint density at radius 3 is 2.52 bits per heavy atom. The largest absolute Gasteiger partial charge is 0.483 e. The van der Waals surface area contributed by atoms with Gasteiger partial charge in [0, 0.05) is 5.02 Å². The highest BCUT2D eigenvalue weighted by atomic mass is 35.5. The van der Waals surface area contributed by atoms with E-state index < -0.39 is 11.9 Å². The average Bonchev–Trinajstić information content (AvgIpc) is 2.61. The number of carbonyl (C=O) groups is 2. The van der Waals surface area contributed by atoms with Crippen molar-refractivity contribution in [3.05, 3.63) is 57.1 Å². The van der Waals surface area contributed by atoms with Gasteiger partial charge in [0.15, 0.2) is 11.7 Å². The number of nitrogens with one attached hydrogen (secondary N) is 2. The van der Waals surface area contributed by atoms with Crippen LogP contribution in [-0.4, -0.2) is 28.7 Å². The zero-order chi connectivity index (χ0) is 21.7. The zero-order valence-electron chi connectivity index (χ0n) is 16.0. The van der Waals surface area contributed by atoms with Gasteiger partial charge in [0.2, 0.25) is 0 Å². The van der Waals surface area contributed by atoms with Crippen LogP contribution in [0.2, 0.25) is 10.0 Å². The quantitative estimate of drug-likeness (QED) is 0.531. The first-order valence-corrected chi connectivity index (χ1v) is 9.81. The van der Waals surface area contributed by atoms with Gasteiger partial charge in [-0.3, -0.25) is 10.1 Å². The predicted octanol–water partition coefficient (Wildman–Crippen LogP) is 5.02. The van der Waals surface area contributed by atoms with Crippen molar-refractivity contribution in [2.75, 3.05) is 11.9 Å². The van der Waals surface area contributed by atoms with E-state index in [9.17, 15) is 14.7 Å². The highest BCUT2D eigenvalue weighted by Crippen LogP contribution is 2.30. The van der Waals surface area contributed by atoms with Crippen LogP contribution in [0.15, 0.2) is 30.3 Å². The van der Waals surface area contributed by atoms with E-state index in [1.54, 1.807) is 0 Å². The summed E-state index contributed by atoms with van der Waals surface area (Å²) >= 11 is 17.0. The van der Waals surface area contributed by atoms with Crippen LogP contribution in [0.4, 0.5) is 5.69 Å². The molecule has 0 fully saturated rings. The lowest BCUT2D eigenvalue weighted by atomic mass is 10.0. The Labute approximate surface area is 184 Å². The molecule has 3 N–H and O–H groups in total. The molecule has 2 aromatic rings. The summed E-state index contributed by atoms with van der Waals surface area (Å²) in [6, 6.07) is 8.42. The molecule has 0 unspecified atom stereocenters. The number of carbonyl (C=O) groups excluding carboxylic acids is 1. The maximum atomic E-state index is 12.2. The van der Waals surface area contributed by atoms with Gasteiger partial charge in [0.25, 0.3) is 5.91 Å². The molecule has 0 aromatic heterocycles. The molecule has 1 amide bonds. The van der Waals surface area contributed by atoms with Crippen molar-refractivity contribution in [3.8, 4) is 5.75 Å². The van der Waals surface area contributed by atoms with Crippen LogP contribution < -0.4 is 15.4 Å². The lowest BCUT2D eigenvalue weighted by molar-refractivity contribution is -0.121. The third kappa shape index (κ3) is 6.32. The van der Waals surface area contributed by atoms with Crippen molar-refractivity contribution in [3.63, 3.8) is 0 Å². The lowest BCUT2D eigenvalue weighted by Crippen LogP contribution is -2.37. The molecule has 0 saturated carbocycles. The van der Waals surface area contributed by atoms with Crippen LogP contribution in [0, 0.1) is 6.92 Å². The first-order chi connectivity index (χ1) is 13.6. The molecule has 0 heterocycles. The predicted molar refractivity (Wildman–Crippen MR) is 119 cm³/mol. The number of aromatic carboxylic acids is 1. The standard InChI is InChI=1S/C20H20Cl2N2O4S/c1-10(2)13-5-4-11(3)6-16(13)28-9-17(25)23-20(29)24-18-14(19(26)27)7-12(21)8-15(18)22/h4-8,10H,9H2,1-3H3,(H,26,27)(H2,23,24,25,29). The van der Waals surface area contributed by atoms with Gasteiger partial charge in [0.05, 0.1) is 16.3 Å². The van der Waals surface area contributed by atoms with Gasteiger partial charge in [-0.05, 0) is 54.4 Å². The molecular weight excluding hydrogens is 435 g/mol. The van der Waals surface area contributed by atoms with Crippen LogP contribution in [0.3, 0.4) is 0 Å². The molecule has 2 aromatic carbocycles. The van der Waals surface area contributed by atoms with Crippen molar-refractivity contribution in [2.24, 2.45) is 0 Å². The second-order valence-corrected chi connectivity index (χ2v) is 7.85. The molecule has 0 aliphatic carbocycles. The highest BCUT2D eigenvalue weighted by molar-refractivity contribution is 7.80. The average molecular weight is 455 g/mol. The topological polar surface area (TPSA) is 87.7 Å². The minimum Gasteiger partial charge on any atom is -0.483 e. The van der Waals surface area contributed by atoms with Gasteiger partial charge in [0.1, 0.15) is 5.75 Å². The number of carboxylic acid groups (broad SMARTS) is 1. The first kappa shape index (κ1) is 22.9. The molecule has 0 spiro atoms. The number of thiocarbonyl (C=S) groups is 1. The number of aryl methyl sites for hydroxylation is 1. The smallest absolute Gasteiger partial charge is 0.337 e. The first-order valence-electron chi connectivity index (χ1n) is 8.65. The second-order valence-electron chi connectivity index (χ2n) is 6.60. The fourth-order valence-corrected chi connectivity index (χ4v) is 3.32. The normalized spacial score (nSPS) is 10.6. The molecule has 154 valence electrons. The third-order valence-corrected chi connectivity index (χ3v) is 4.65. The van der Waals surface area contributed by atoms with Gasteiger partial charge in [-0.2, -0.15) is 0 Å². The maximum absolute atomic E-state index is 12.2. The van der Waals surface area contributed by atoms with E-state index in [-0.39, 0.29) is 38.9 Å². The van der Waals surface area contributed by atoms with Crippen LogP contribution in [-0.2, 0) is 4.79 Å². The van der Waals surface area contributed by atoms with E-state index in [0.717, 1.165) is 11.1 Å². The maximum Gasteiger partial charge on any atom is 0.337 e. The number of rotatable bonds is 6. The number of halogens is 2. The van der Waals surface area contributed by atoms with Gasteiger partial charge in [-0.25, -0.2) is 4.79 Å². The number of carboxylic acids is 1. The number of hydrogen-bond acceptors (Lipinski definition) is 4. The Hall–Kier alpha value is -2.35. The summed E-state index contributed by atoms with van der Waals surface area (Å²) < 4.78 is 5.66. The van der Waals surface area contributed by atoms with Crippen LogP contribution >= 0.6 is 35.4 Å². The summed E-state index contributed by atoms with van der Waals surface area (Å²) in [5.74, 6) is -0.878. The van der Waals surface area contributed by atoms with Crippen LogP contribution in [0.25, 0.3) is 0 Å². The van der Waals surface area contributed by atoms with Crippen molar-refractivity contribution in [2.45, 2.75) is 26.7 Å². The van der Waals surface area contributed by atoms with Gasteiger partial charge in [-0.15, -0.1) is 0 Å². The van der Waals surface area contributed by atoms with E-state index in [4.69, 9.17) is 40.2 Å². The van der Waals surface area contributed by atoms with E-state index >= 15 is 0 Å². The van der Waals surface area contributed by atoms with Crippen molar-refractivity contribution in [1.29, 1.82) is 0 Å². The fourth-order valence-electron chi connectivity index (χ4n) is 2.56. The Morgan fingerprint density at radius 2 is 1.90 bits per heavy atom. The number of amides is 1. The van der Waals surface area contributed by atoms with E-state index in [0.29, 0.717) is 5.75 Å². The van der Waals surface area contributed by atoms with E-state index in [1.807, 2.05) is 39.0 Å². The summed E-state index contributed by atoms with van der Waals surface area (Å²) in [6.45, 7) is 5.75. The number of hydrogen-bond donors (Lipinski definition) is 3. The Kier molecular flexibility index (Phi) is 7.84. The number of benzene rings is 2. The van der Waals surface area contributed by atoms with Gasteiger partial charge < -0.3 is 15.2 Å². The molecular formula is C20H20Cl2N2O4S. The Balaban J connectivity index is 2.04. The monoisotopic (exact) mass is 454 g/mol. The second kappa shape index (κ2) is 9.91. The summed E-state index contributed by atoms with van der Waals surface area (Å²) in [5, 5.41) is 14.5. The minimum atomic E-state index is -1.24. The molecule has 0 atom stereocenters. The molecule has 0 saturated heterocycles. The lowest BCUT2D eigenvalue weighted by Gasteiger charge is -2.16. The Bertz CT molecular complexity index is 964. The summed E-state index contributed by atoms with van der Waals surface area (Å²) in [6.07, 6.45) is 0. The minimum absolute atomic E-state index is 0.0376. The third-order valence-electron chi connectivity index (χ3n) is 3.93. The molecule has 0 bridgehead atoms. The number of ether oxygens (including phenoxy) is 1. The van der Waals surface area contributed by atoms with E-state index in [2.05, 4.69) is 10.6 Å². The molecule has 9 heteroatoms. The molecule has 29 heavy (non-hydrogen) atoms. The molecule has 2 rings (SSSR count). The fraction of sp³-hybridized carbons (Fsp3) is 0.250. The highest BCUT2D eigenvalue weighted by Gasteiger charge is 2.17. The van der Waals surface area contributed by atoms with Crippen molar-refractivity contribution < 1.29 is 19.4 Å². The number of anilines is 1. The summed E-state index contributed by atoms with van der Waals surface area (Å²) in [4.78, 5) is 23.6. The molecule has 0 radical (unpaired) electrons. The van der Waals surface area contributed by atoms with E-state index in [1.165, 1.54) is 12.1 Å². The van der Waals surface area contributed by atoms with Crippen molar-refractivity contribution in [1.82, 2.24) is 5.32 Å². The van der Waals surface area contributed by atoms with Crippen molar-refractivity contribution >= 4 is 58.1 Å². The molecule has 0 aliphatic rings. The summed E-state index contributed by atoms with van der Waals surface area (Å²) in [5.41, 5.74) is 1.87. The summed E-state index contributed by atoms with van der Waals surface area (Å²) in [7, 11) is 0. The molecule has 6 nitrogen and oxygen atoms in total. The Morgan fingerprint density at radius 1 is 1.21 bits per heavy atom. The van der Waals surface area contributed by atoms with Gasteiger partial charge in [-0.1, -0.05) is 49.2 Å². The molecule has 0 aliphatic heterocycles. The SMILES string of the molecule is Cc1ccc(C(C)C)c(OCC(=O)NC(=S)Nc2c(Cl)cc(Cl)cc2C(=O)O)c1.